The van der Waals surface area contributed by atoms with E-state index in [4.69, 9.17) is 26.8 Å². The van der Waals surface area contributed by atoms with E-state index in [-0.39, 0.29) is 23.9 Å². The molecule has 0 spiro atoms. The molecule has 0 bridgehead atoms. The summed E-state index contributed by atoms with van der Waals surface area (Å²) in [5, 5.41) is 0.601. The van der Waals surface area contributed by atoms with Crippen molar-refractivity contribution in [2.75, 3.05) is 26.8 Å². The summed E-state index contributed by atoms with van der Waals surface area (Å²) in [6, 6.07) is 4.25. The van der Waals surface area contributed by atoms with Crippen LogP contribution in [0.4, 0.5) is 0 Å². The van der Waals surface area contributed by atoms with E-state index in [0.717, 1.165) is 31.6 Å². The largest absolute Gasteiger partial charge is 0.493 e. The molecular weight excluding hydrogens is 335 g/mol. The van der Waals surface area contributed by atoms with Crippen molar-refractivity contribution >= 4 is 24.0 Å². The van der Waals surface area contributed by atoms with Crippen LogP contribution in [-0.4, -0.2) is 37.7 Å². The van der Waals surface area contributed by atoms with Gasteiger partial charge in [-0.3, -0.25) is 4.90 Å². The number of nitrogens with two attached hydrogens (primary N) is 1. The number of methoxy groups -OCH3 is 1. The first-order valence-corrected chi connectivity index (χ1v) is 8.22. The molecule has 2 rings (SSSR count). The summed E-state index contributed by atoms with van der Waals surface area (Å²) in [4.78, 5) is 2.43. The van der Waals surface area contributed by atoms with Gasteiger partial charge in [-0.05, 0) is 36.5 Å². The predicted octanol–water partition coefficient (Wildman–Crippen LogP) is 3.73. The summed E-state index contributed by atoms with van der Waals surface area (Å²) in [5.41, 5.74) is 7.48. The van der Waals surface area contributed by atoms with Gasteiger partial charge in [0, 0.05) is 25.7 Å². The predicted molar refractivity (Wildman–Crippen MR) is 98.1 cm³/mol. The lowest BCUT2D eigenvalue weighted by atomic mass is 9.79. The second kappa shape index (κ2) is 8.43. The molecule has 4 nitrogen and oxygen atoms in total. The van der Waals surface area contributed by atoms with E-state index in [9.17, 15) is 0 Å². The van der Waals surface area contributed by atoms with Crippen LogP contribution in [0.15, 0.2) is 12.1 Å². The zero-order valence-electron chi connectivity index (χ0n) is 14.4. The first-order chi connectivity index (χ1) is 10.4. The number of ether oxygens (including phenoxy) is 2. The zero-order chi connectivity index (χ0) is 16.3. The van der Waals surface area contributed by atoms with Gasteiger partial charge in [-0.25, -0.2) is 0 Å². The molecule has 23 heavy (non-hydrogen) atoms. The smallest absolute Gasteiger partial charge is 0.179 e. The monoisotopic (exact) mass is 362 g/mol. The molecular formula is C17H28Cl2N2O2. The van der Waals surface area contributed by atoms with Crippen LogP contribution in [0.3, 0.4) is 0 Å². The van der Waals surface area contributed by atoms with Gasteiger partial charge in [0.1, 0.15) is 0 Å². The van der Waals surface area contributed by atoms with Crippen molar-refractivity contribution in [1.29, 1.82) is 0 Å². The summed E-state index contributed by atoms with van der Waals surface area (Å²) >= 11 is 6.35. The number of halogens is 2. The van der Waals surface area contributed by atoms with Crippen molar-refractivity contribution in [3.05, 3.63) is 22.7 Å². The second-order valence-corrected chi connectivity index (χ2v) is 7.04. The third kappa shape index (κ3) is 4.90. The van der Waals surface area contributed by atoms with Gasteiger partial charge in [0.2, 0.25) is 0 Å². The van der Waals surface area contributed by atoms with Crippen molar-refractivity contribution in [3.63, 3.8) is 0 Å². The van der Waals surface area contributed by atoms with Gasteiger partial charge >= 0.3 is 0 Å². The van der Waals surface area contributed by atoms with Crippen molar-refractivity contribution in [2.24, 2.45) is 11.1 Å². The number of hydrogen-bond acceptors (Lipinski definition) is 4. The maximum Gasteiger partial charge on any atom is 0.179 e. The molecule has 0 radical (unpaired) electrons. The first-order valence-electron chi connectivity index (χ1n) is 7.84. The maximum absolute atomic E-state index is 6.35. The molecule has 6 heteroatoms. The Balaban J connectivity index is 0.00000264. The highest BCUT2D eigenvalue weighted by Gasteiger charge is 2.33. The number of likely N-dealkylation sites (tertiary alicyclic amines) is 1. The number of nitrogens with zero attached hydrogens (tertiary/aromatic N) is 1. The van der Waals surface area contributed by atoms with Gasteiger partial charge in [-0.1, -0.05) is 25.4 Å². The van der Waals surface area contributed by atoms with E-state index in [0.29, 0.717) is 23.1 Å². The van der Waals surface area contributed by atoms with Crippen molar-refractivity contribution in [2.45, 2.75) is 39.8 Å². The molecule has 132 valence electrons. The lowest BCUT2D eigenvalue weighted by Crippen LogP contribution is -2.52. The molecule has 1 aliphatic heterocycles. The molecule has 0 saturated carbocycles. The Morgan fingerprint density at radius 2 is 2.09 bits per heavy atom. The average Bonchev–Trinajstić information content (AvgIpc) is 2.45. The third-order valence-electron chi connectivity index (χ3n) is 4.38. The summed E-state index contributed by atoms with van der Waals surface area (Å²) in [6.45, 7) is 9.80. The van der Waals surface area contributed by atoms with Crippen LogP contribution in [-0.2, 0) is 6.54 Å². The van der Waals surface area contributed by atoms with Crippen LogP contribution >= 0.6 is 24.0 Å². The van der Waals surface area contributed by atoms with Gasteiger partial charge in [0.05, 0.1) is 18.7 Å². The van der Waals surface area contributed by atoms with Crippen LogP contribution in [0.5, 0.6) is 11.5 Å². The Labute approximate surface area is 150 Å². The lowest BCUT2D eigenvalue weighted by molar-refractivity contribution is 0.0898. The molecule has 2 N–H and O–H groups in total. The average molecular weight is 363 g/mol. The van der Waals surface area contributed by atoms with E-state index in [2.05, 4.69) is 18.7 Å². The van der Waals surface area contributed by atoms with E-state index >= 15 is 0 Å². The number of benzene rings is 1. The first kappa shape index (κ1) is 20.4. The van der Waals surface area contributed by atoms with E-state index in [1.807, 2.05) is 19.1 Å². The molecule has 1 aliphatic rings. The molecule has 1 atom stereocenters. The topological polar surface area (TPSA) is 47.7 Å². The van der Waals surface area contributed by atoms with Crippen molar-refractivity contribution in [3.8, 4) is 11.5 Å². The summed E-state index contributed by atoms with van der Waals surface area (Å²) in [5.74, 6) is 1.31. The summed E-state index contributed by atoms with van der Waals surface area (Å²) in [7, 11) is 1.64. The molecule has 0 amide bonds. The van der Waals surface area contributed by atoms with Crippen LogP contribution in [0.1, 0.15) is 32.8 Å². The van der Waals surface area contributed by atoms with E-state index in [1.165, 1.54) is 0 Å². The Morgan fingerprint density at radius 1 is 1.39 bits per heavy atom. The van der Waals surface area contributed by atoms with Crippen molar-refractivity contribution < 1.29 is 9.47 Å². The van der Waals surface area contributed by atoms with Gasteiger partial charge in [0.25, 0.3) is 0 Å². The van der Waals surface area contributed by atoms with Gasteiger partial charge in [0.15, 0.2) is 11.5 Å². The van der Waals surface area contributed by atoms with Crippen LogP contribution < -0.4 is 15.2 Å². The maximum atomic E-state index is 6.35. The molecule has 0 aliphatic carbocycles. The van der Waals surface area contributed by atoms with Crippen LogP contribution in [0.25, 0.3) is 0 Å². The van der Waals surface area contributed by atoms with Gasteiger partial charge in [-0.2, -0.15) is 0 Å². The molecule has 1 saturated heterocycles. The molecule has 1 aromatic rings. The van der Waals surface area contributed by atoms with Gasteiger partial charge < -0.3 is 15.2 Å². The van der Waals surface area contributed by atoms with Crippen LogP contribution in [0.2, 0.25) is 5.02 Å². The highest BCUT2D eigenvalue weighted by atomic mass is 35.5. The SMILES string of the molecule is CCOc1c(Cl)cc(CN2CCC(N)C(C)(C)C2)cc1OC.Cl. The highest BCUT2D eigenvalue weighted by molar-refractivity contribution is 6.32. The quantitative estimate of drug-likeness (QED) is 0.866. The number of rotatable bonds is 5. The Morgan fingerprint density at radius 3 is 2.65 bits per heavy atom. The fourth-order valence-electron chi connectivity index (χ4n) is 3.03. The van der Waals surface area contributed by atoms with Gasteiger partial charge in [-0.15, -0.1) is 12.4 Å². The fraction of sp³-hybridized carbons (Fsp3) is 0.647. The molecule has 1 heterocycles. The number of hydrogen-bond donors (Lipinski definition) is 1. The molecule has 1 aromatic carbocycles. The molecule has 1 unspecified atom stereocenters. The van der Waals surface area contributed by atoms with E-state index in [1.54, 1.807) is 7.11 Å². The summed E-state index contributed by atoms with van der Waals surface area (Å²) in [6.07, 6.45) is 1.02. The molecule has 1 fully saturated rings. The standard InChI is InChI=1S/C17H27ClN2O2.ClH/c1-5-22-16-13(18)8-12(9-14(16)21-4)10-20-7-6-15(19)17(2,3)11-20;/h8-9,15H,5-7,10-11,19H2,1-4H3;1H. The lowest BCUT2D eigenvalue weighted by Gasteiger charge is -2.42. The highest BCUT2D eigenvalue weighted by Crippen LogP contribution is 2.37. The minimum Gasteiger partial charge on any atom is -0.493 e. The third-order valence-corrected chi connectivity index (χ3v) is 4.66. The Kier molecular flexibility index (Phi) is 7.46. The number of piperidine rings is 1. The zero-order valence-corrected chi connectivity index (χ0v) is 16.0. The second-order valence-electron chi connectivity index (χ2n) is 6.64. The Hall–Kier alpha value is -0.680. The van der Waals surface area contributed by atoms with Crippen molar-refractivity contribution in [1.82, 2.24) is 4.90 Å². The van der Waals surface area contributed by atoms with Crippen LogP contribution in [0, 0.1) is 5.41 Å². The molecule has 0 aromatic heterocycles. The minimum atomic E-state index is 0. The minimum absolute atomic E-state index is 0. The van der Waals surface area contributed by atoms with E-state index < -0.39 is 0 Å². The summed E-state index contributed by atoms with van der Waals surface area (Å²) < 4.78 is 11.0. The normalized spacial score (nSPS) is 20.7. The fourth-order valence-corrected chi connectivity index (χ4v) is 3.31. The Bertz CT molecular complexity index is 524.